The van der Waals surface area contributed by atoms with Crippen molar-refractivity contribution in [3.05, 3.63) is 6.07 Å². The molecule has 5 N–H and O–H groups in total. The zero-order valence-electron chi connectivity index (χ0n) is 7.29. The SMILES string of the molecule is Nc1cc2nnc(N)n2n1OCCO. The fraction of sp³-hybridized carbons (Fsp3) is 0.333. The van der Waals surface area contributed by atoms with Gasteiger partial charge in [0.15, 0.2) is 11.5 Å². The molecule has 8 nitrogen and oxygen atoms in total. The lowest BCUT2D eigenvalue weighted by Crippen LogP contribution is -2.22. The van der Waals surface area contributed by atoms with Gasteiger partial charge in [-0.25, -0.2) is 0 Å². The van der Waals surface area contributed by atoms with Crippen molar-refractivity contribution in [3.8, 4) is 0 Å². The molecule has 0 aliphatic heterocycles. The van der Waals surface area contributed by atoms with E-state index in [4.69, 9.17) is 21.4 Å². The second-order valence-electron chi connectivity index (χ2n) is 2.63. The number of fused-ring (bicyclic) bond motifs is 1. The van der Waals surface area contributed by atoms with Crippen molar-refractivity contribution >= 4 is 17.4 Å². The highest BCUT2D eigenvalue weighted by Crippen LogP contribution is 2.11. The van der Waals surface area contributed by atoms with E-state index in [9.17, 15) is 0 Å². The first-order chi connectivity index (χ1) is 6.74. The predicted octanol–water partition coefficient (Wildman–Crippen LogP) is -1.88. The molecule has 2 rings (SSSR count). The molecule has 0 saturated carbocycles. The molecule has 0 unspecified atom stereocenters. The summed E-state index contributed by atoms with van der Waals surface area (Å²) < 4.78 is 1.41. The summed E-state index contributed by atoms with van der Waals surface area (Å²) in [4.78, 5) is 6.36. The van der Waals surface area contributed by atoms with Gasteiger partial charge in [0, 0.05) is 6.07 Å². The van der Waals surface area contributed by atoms with Crippen molar-refractivity contribution in [1.29, 1.82) is 0 Å². The van der Waals surface area contributed by atoms with Gasteiger partial charge < -0.3 is 21.4 Å². The Labute approximate surface area is 78.6 Å². The second kappa shape index (κ2) is 3.07. The second-order valence-corrected chi connectivity index (χ2v) is 2.63. The van der Waals surface area contributed by atoms with Gasteiger partial charge in [-0.05, 0) is 0 Å². The molecule has 0 atom stereocenters. The summed E-state index contributed by atoms with van der Waals surface area (Å²) in [6, 6.07) is 1.57. The van der Waals surface area contributed by atoms with E-state index in [1.807, 2.05) is 0 Å². The Bertz CT molecular complexity index is 446. The Morgan fingerprint density at radius 1 is 1.43 bits per heavy atom. The lowest BCUT2D eigenvalue weighted by Gasteiger charge is -2.07. The highest BCUT2D eigenvalue weighted by molar-refractivity contribution is 5.51. The Hall–Kier alpha value is -1.96. The lowest BCUT2D eigenvalue weighted by atomic mass is 10.6. The number of rotatable bonds is 3. The van der Waals surface area contributed by atoms with Crippen molar-refractivity contribution in [2.75, 3.05) is 24.7 Å². The lowest BCUT2D eigenvalue weighted by molar-refractivity contribution is 0.0522. The standard InChI is InChI=1S/C6H10N6O2/c7-4-3-5-9-10-6(8)11(5)12(4)14-2-1-13/h3,13H,1-2,7H2,(H2,8,10). The summed E-state index contributed by atoms with van der Waals surface area (Å²) in [5.74, 6) is 0.518. The van der Waals surface area contributed by atoms with Crippen LogP contribution in [0.25, 0.3) is 5.65 Å². The zero-order valence-corrected chi connectivity index (χ0v) is 7.29. The van der Waals surface area contributed by atoms with Crippen LogP contribution in [0.3, 0.4) is 0 Å². The maximum Gasteiger partial charge on any atom is 0.244 e. The normalized spacial score (nSPS) is 10.9. The number of nitrogens with zero attached hydrogens (tertiary/aromatic N) is 4. The molecule has 2 aromatic heterocycles. The van der Waals surface area contributed by atoms with Gasteiger partial charge in [0.1, 0.15) is 6.61 Å². The summed E-state index contributed by atoms with van der Waals surface area (Å²) >= 11 is 0. The summed E-state index contributed by atoms with van der Waals surface area (Å²) in [6.45, 7) is 0.00669. The Balaban J connectivity index is 2.48. The molecular weight excluding hydrogens is 188 g/mol. The van der Waals surface area contributed by atoms with Gasteiger partial charge in [0.25, 0.3) is 0 Å². The number of aliphatic hydroxyl groups is 1. The Morgan fingerprint density at radius 3 is 2.93 bits per heavy atom. The molecule has 0 aliphatic carbocycles. The van der Waals surface area contributed by atoms with Crippen molar-refractivity contribution in [3.63, 3.8) is 0 Å². The van der Waals surface area contributed by atoms with Gasteiger partial charge >= 0.3 is 0 Å². The van der Waals surface area contributed by atoms with Crippen molar-refractivity contribution in [2.45, 2.75) is 0 Å². The maximum atomic E-state index is 8.60. The number of nitrogens with two attached hydrogens (primary N) is 2. The third-order valence-corrected chi connectivity index (χ3v) is 1.67. The first-order valence-corrected chi connectivity index (χ1v) is 3.96. The van der Waals surface area contributed by atoms with E-state index in [1.165, 1.54) is 9.36 Å². The minimum absolute atomic E-state index is 0.110. The smallest absolute Gasteiger partial charge is 0.244 e. The van der Waals surface area contributed by atoms with Crippen molar-refractivity contribution in [1.82, 2.24) is 19.6 Å². The number of hydrogen-bond acceptors (Lipinski definition) is 6. The van der Waals surface area contributed by atoms with Crippen LogP contribution in [0.4, 0.5) is 11.8 Å². The summed E-state index contributed by atoms with van der Waals surface area (Å²) in [5, 5.41) is 16.0. The van der Waals surface area contributed by atoms with Crippen molar-refractivity contribution < 1.29 is 9.94 Å². The van der Waals surface area contributed by atoms with E-state index in [2.05, 4.69) is 10.2 Å². The average molecular weight is 198 g/mol. The van der Waals surface area contributed by atoms with Crippen LogP contribution in [0.5, 0.6) is 0 Å². The Kier molecular flexibility index (Phi) is 1.89. The number of hydrogen-bond donors (Lipinski definition) is 3. The van der Waals surface area contributed by atoms with Gasteiger partial charge in [-0.1, -0.05) is 4.85 Å². The first kappa shape index (κ1) is 8.63. The highest BCUT2D eigenvalue weighted by Gasteiger charge is 2.11. The zero-order chi connectivity index (χ0) is 10.1. The molecule has 14 heavy (non-hydrogen) atoms. The maximum absolute atomic E-state index is 8.60. The van der Waals surface area contributed by atoms with Gasteiger partial charge in [-0.15, -0.1) is 10.2 Å². The fourth-order valence-corrected chi connectivity index (χ4v) is 1.14. The molecule has 0 spiro atoms. The van der Waals surface area contributed by atoms with E-state index in [-0.39, 0.29) is 19.2 Å². The van der Waals surface area contributed by atoms with E-state index in [1.54, 1.807) is 6.07 Å². The van der Waals surface area contributed by atoms with Crippen LogP contribution in [-0.2, 0) is 0 Å². The third kappa shape index (κ3) is 1.12. The molecule has 0 bridgehead atoms. The monoisotopic (exact) mass is 198 g/mol. The van der Waals surface area contributed by atoms with Gasteiger partial charge in [0.05, 0.1) is 6.61 Å². The van der Waals surface area contributed by atoms with Crippen LogP contribution in [0.1, 0.15) is 0 Å². The Morgan fingerprint density at radius 2 is 2.21 bits per heavy atom. The molecule has 0 saturated heterocycles. The molecule has 2 aromatic rings. The average Bonchev–Trinajstić information content (AvgIpc) is 2.64. The first-order valence-electron chi connectivity index (χ1n) is 3.96. The minimum atomic E-state index is -0.110. The number of nitrogen functional groups attached to an aromatic ring is 2. The molecule has 0 aliphatic rings. The third-order valence-electron chi connectivity index (χ3n) is 1.67. The molecule has 2 heterocycles. The fourth-order valence-electron chi connectivity index (χ4n) is 1.14. The van der Waals surface area contributed by atoms with Crippen LogP contribution < -0.4 is 16.3 Å². The van der Waals surface area contributed by atoms with Crippen LogP contribution in [0.2, 0.25) is 0 Å². The largest absolute Gasteiger partial charge is 0.394 e. The topological polar surface area (TPSA) is 117 Å². The quantitative estimate of drug-likeness (QED) is 0.531. The summed E-state index contributed by atoms with van der Waals surface area (Å²) in [5.41, 5.74) is 11.7. The van der Waals surface area contributed by atoms with E-state index in [0.29, 0.717) is 11.5 Å². The number of anilines is 2. The van der Waals surface area contributed by atoms with E-state index in [0.717, 1.165) is 0 Å². The number of aliphatic hydroxyl groups excluding tert-OH is 1. The molecular formula is C6H10N6O2. The molecule has 0 amide bonds. The van der Waals surface area contributed by atoms with E-state index >= 15 is 0 Å². The molecule has 8 heteroatoms. The molecule has 0 fully saturated rings. The molecule has 0 aromatic carbocycles. The number of aromatic nitrogens is 4. The van der Waals surface area contributed by atoms with Crippen molar-refractivity contribution in [2.24, 2.45) is 0 Å². The summed E-state index contributed by atoms with van der Waals surface area (Å²) in [7, 11) is 0. The predicted molar refractivity (Wildman–Crippen MR) is 48.3 cm³/mol. The van der Waals surface area contributed by atoms with Gasteiger partial charge in [-0.3, -0.25) is 0 Å². The van der Waals surface area contributed by atoms with E-state index < -0.39 is 0 Å². The molecule has 76 valence electrons. The minimum Gasteiger partial charge on any atom is -0.394 e. The van der Waals surface area contributed by atoms with Gasteiger partial charge in [0.2, 0.25) is 5.95 Å². The highest BCUT2D eigenvalue weighted by atomic mass is 16.7. The van der Waals surface area contributed by atoms with Crippen LogP contribution in [0.15, 0.2) is 6.07 Å². The van der Waals surface area contributed by atoms with Crippen LogP contribution in [-0.4, -0.2) is 37.9 Å². The summed E-state index contributed by atoms with van der Waals surface area (Å²) in [6.07, 6.45) is 0. The molecule has 0 radical (unpaired) electrons. The van der Waals surface area contributed by atoms with Gasteiger partial charge in [-0.2, -0.15) is 4.52 Å². The van der Waals surface area contributed by atoms with Crippen LogP contribution in [0, 0.1) is 0 Å². The van der Waals surface area contributed by atoms with Crippen LogP contribution >= 0.6 is 0 Å².